The number of rotatable bonds is 8. The number of amides is 1. The van der Waals surface area contributed by atoms with Crippen LogP contribution in [0, 0.1) is 12.8 Å². The molecule has 1 unspecified atom stereocenters. The third kappa shape index (κ3) is 5.68. The van der Waals surface area contributed by atoms with Crippen molar-refractivity contribution in [2.45, 2.75) is 38.8 Å². The quantitative estimate of drug-likeness (QED) is 0.531. The van der Waals surface area contributed by atoms with Crippen molar-refractivity contribution in [2.24, 2.45) is 13.0 Å². The van der Waals surface area contributed by atoms with Crippen LogP contribution >= 0.6 is 0 Å². The maximum atomic E-state index is 13.5. The third-order valence-corrected chi connectivity index (χ3v) is 7.20. The van der Waals surface area contributed by atoms with Gasteiger partial charge in [-0.3, -0.25) is 14.4 Å². The number of phenols is 1. The van der Waals surface area contributed by atoms with E-state index in [-0.39, 0.29) is 17.7 Å². The first-order chi connectivity index (χ1) is 16.9. The highest BCUT2D eigenvalue weighted by atomic mass is 16.5. The fourth-order valence-corrected chi connectivity index (χ4v) is 5.21. The predicted octanol–water partition coefficient (Wildman–Crippen LogP) is 4.04. The van der Waals surface area contributed by atoms with Crippen molar-refractivity contribution in [2.75, 3.05) is 27.2 Å². The molecule has 4 rings (SSSR count). The Kier molecular flexibility index (Phi) is 7.76. The van der Waals surface area contributed by atoms with Crippen LogP contribution < -0.4 is 4.74 Å². The van der Waals surface area contributed by atoms with Gasteiger partial charge in [-0.05, 0) is 62.9 Å². The monoisotopic (exact) mass is 476 g/mol. The van der Waals surface area contributed by atoms with Crippen molar-refractivity contribution in [3.63, 3.8) is 0 Å². The minimum atomic E-state index is 0.0118. The molecule has 3 aromatic rings. The lowest BCUT2D eigenvalue weighted by molar-refractivity contribution is 0.0574. The smallest absolute Gasteiger partial charge is 0.272 e. The molecule has 1 saturated heterocycles. The lowest BCUT2D eigenvalue weighted by atomic mass is 9.84. The number of hydrogen-bond acceptors (Lipinski definition) is 5. The number of methoxy groups -OCH3 is 1. The van der Waals surface area contributed by atoms with Crippen LogP contribution in [-0.4, -0.2) is 63.9 Å². The maximum Gasteiger partial charge on any atom is 0.272 e. The predicted molar refractivity (Wildman–Crippen MR) is 137 cm³/mol. The van der Waals surface area contributed by atoms with Gasteiger partial charge in [-0.2, -0.15) is 5.10 Å². The van der Waals surface area contributed by atoms with E-state index in [0.29, 0.717) is 23.9 Å². The molecule has 7 heteroatoms. The molecule has 0 spiro atoms. The molecule has 1 aromatic heterocycles. The van der Waals surface area contributed by atoms with Crippen LogP contribution in [-0.2, 0) is 20.0 Å². The molecule has 1 amide bonds. The molecular weight excluding hydrogens is 440 g/mol. The summed E-state index contributed by atoms with van der Waals surface area (Å²) in [6.07, 6.45) is 2.80. The van der Waals surface area contributed by atoms with E-state index in [9.17, 15) is 9.90 Å². The number of piperidine rings is 1. The Morgan fingerprint density at radius 1 is 1.17 bits per heavy atom. The Morgan fingerprint density at radius 2 is 1.89 bits per heavy atom. The van der Waals surface area contributed by atoms with Gasteiger partial charge in [0.25, 0.3) is 5.91 Å². The van der Waals surface area contributed by atoms with E-state index in [2.05, 4.69) is 34.3 Å². The van der Waals surface area contributed by atoms with Gasteiger partial charge in [-0.25, -0.2) is 0 Å². The molecular formula is C28H36N4O3. The van der Waals surface area contributed by atoms with E-state index in [0.717, 1.165) is 43.6 Å². The Morgan fingerprint density at radius 3 is 2.51 bits per heavy atom. The number of hydrogen-bond donors (Lipinski definition) is 1. The number of carbonyl (C=O) groups excluding carboxylic acids is 1. The highest BCUT2D eigenvalue weighted by Gasteiger charge is 2.33. The molecule has 2 aromatic carbocycles. The third-order valence-electron chi connectivity index (χ3n) is 7.20. The van der Waals surface area contributed by atoms with Crippen molar-refractivity contribution in [3.8, 4) is 11.5 Å². The number of aromatic hydroxyl groups is 1. The van der Waals surface area contributed by atoms with E-state index in [1.165, 1.54) is 5.56 Å². The van der Waals surface area contributed by atoms with Crippen LogP contribution in [0.2, 0.25) is 0 Å². The van der Waals surface area contributed by atoms with E-state index >= 15 is 0 Å². The molecule has 186 valence electrons. The Hall–Kier alpha value is -3.32. The number of nitrogens with zero attached hydrogens (tertiary/aromatic N) is 4. The van der Waals surface area contributed by atoms with Gasteiger partial charge in [0.2, 0.25) is 0 Å². The highest BCUT2D eigenvalue weighted by Crippen LogP contribution is 2.32. The van der Waals surface area contributed by atoms with Crippen LogP contribution in [0.3, 0.4) is 0 Å². The van der Waals surface area contributed by atoms with Gasteiger partial charge in [0.05, 0.1) is 12.8 Å². The molecule has 7 nitrogen and oxygen atoms in total. The number of phenolic OH excluding ortho intramolecular Hbond substituents is 1. The number of aryl methyl sites for hydroxylation is 2. The molecule has 1 aliphatic rings. The fourth-order valence-electron chi connectivity index (χ4n) is 5.21. The topological polar surface area (TPSA) is 70.8 Å². The highest BCUT2D eigenvalue weighted by molar-refractivity contribution is 5.92. The minimum absolute atomic E-state index is 0.0118. The van der Waals surface area contributed by atoms with E-state index in [4.69, 9.17) is 4.74 Å². The van der Waals surface area contributed by atoms with Crippen LogP contribution in [0.5, 0.6) is 11.5 Å². The van der Waals surface area contributed by atoms with Crippen molar-refractivity contribution < 1.29 is 14.6 Å². The van der Waals surface area contributed by atoms with E-state index in [1.807, 2.05) is 50.2 Å². The molecule has 0 saturated carbocycles. The van der Waals surface area contributed by atoms with Gasteiger partial charge in [-0.15, -0.1) is 0 Å². The first kappa shape index (κ1) is 24.8. The zero-order valence-electron chi connectivity index (χ0n) is 21.1. The summed E-state index contributed by atoms with van der Waals surface area (Å²) in [4.78, 5) is 17.8. The number of para-hydroxylation sites is 1. The van der Waals surface area contributed by atoms with Gasteiger partial charge >= 0.3 is 0 Å². The number of likely N-dealkylation sites (N-methyl/N-ethyl adjacent to an activating group) is 1. The summed E-state index contributed by atoms with van der Waals surface area (Å²) in [5.41, 5.74) is 3.58. The standard InChI is InChI=1S/C28H36N4O3/c1-20-17-25(31(3)29-20)28(34)30(2)24(18-21-9-6-5-7-10-21)22-13-15-32(16-14-22)19-23-11-8-12-26(35-4)27(23)33/h5-12,17,22,24,33H,13-16,18-19H2,1-4H3. The van der Waals surface area contributed by atoms with Gasteiger partial charge in [0.15, 0.2) is 11.5 Å². The summed E-state index contributed by atoms with van der Waals surface area (Å²) in [5, 5.41) is 14.9. The zero-order chi connectivity index (χ0) is 24.9. The first-order valence-electron chi connectivity index (χ1n) is 12.3. The van der Waals surface area contributed by atoms with Crippen molar-refractivity contribution in [1.29, 1.82) is 0 Å². The van der Waals surface area contributed by atoms with Crippen LogP contribution in [0.25, 0.3) is 0 Å². The minimum Gasteiger partial charge on any atom is -0.504 e. The number of aromatic nitrogens is 2. The summed E-state index contributed by atoms with van der Waals surface area (Å²) < 4.78 is 6.94. The number of likely N-dealkylation sites (tertiary alicyclic amines) is 1. The largest absolute Gasteiger partial charge is 0.504 e. The van der Waals surface area contributed by atoms with Crippen molar-refractivity contribution in [1.82, 2.24) is 19.6 Å². The average molecular weight is 477 g/mol. The molecule has 1 atom stereocenters. The van der Waals surface area contributed by atoms with Crippen molar-refractivity contribution in [3.05, 3.63) is 77.1 Å². The summed E-state index contributed by atoms with van der Waals surface area (Å²) >= 11 is 0. The van der Waals surface area contributed by atoms with Gasteiger partial charge in [0, 0.05) is 32.2 Å². The Labute approximate surface area is 207 Å². The molecule has 1 N–H and O–H groups in total. The summed E-state index contributed by atoms with van der Waals surface area (Å²) in [6, 6.07) is 18.0. The van der Waals surface area contributed by atoms with E-state index < -0.39 is 0 Å². The summed E-state index contributed by atoms with van der Waals surface area (Å²) in [5.74, 6) is 1.12. The molecule has 1 aliphatic heterocycles. The summed E-state index contributed by atoms with van der Waals surface area (Å²) in [6.45, 7) is 4.43. The van der Waals surface area contributed by atoms with Crippen LogP contribution in [0.15, 0.2) is 54.6 Å². The molecule has 0 radical (unpaired) electrons. The fraction of sp³-hybridized carbons (Fsp3) is 0.429. The zero-order valence-corrected chi connectivity index (χ0v) is 21.1. The number of carbonyl (C=O) groups is 1. The second kappa shape index (κ2) is 11.0. The number of benzene rings is 2. The molecule has 0 aliphatic carbocycles. The lowest BCUT2D eigenvalue weighted by Crippen LogP contribution is -2.47. The first-order valence-corrected chi connectivity index (χ1v) is 12.3. The number of ether oxygens (including phenoxy) is 1. The second-order valence-corrected chi connectivity index (χ2v) is 9.55. The van der Waals surface area contributed by atoms with Crippen LogP contribution in [0.4, 0.5) is 0 Å². The molecule has 2 heterocycles. The Bertz CT molecular complexity index is 1140. The molecule has 1 fully saturated rings. The summed E-state index contributed by atoms with van der Waals surface area (Å²) in [7, 11) is 5.33. The Balaban J connectivity index is 1.48. The second-order valence-electron chi connectivity index (χ2n) is 9.55. The average Bonchev–Trinajstić information content (AvgIpc) is 3.21. The molecule has 35 heavy (non-hydrogen) atoms. The van der Waals surface area contributed by atoms with Gasteiger partial charge in [0.1, 0.15) is 5.69 Å². The lowest BCUT2D eigenvalue weighted by Gasteiger charge is -2.40. The normalized spacial score (nSPS) is 15.7. The van der Waals surface area contributed by atoms with Gasteiger partial charge < -0.3 is 14.7 Å². The van der Waals surface area contributed by atoms with Crippen LogP contribution in [0.1, 0.15) is 40.2 Å². The van der Waals surface area contributed by atoms with E-state index in [1.54, 1.807) is 17.9 Å². The van der Waals surface area contributed by atoms with Crippen molar-refractivity contribution >= 4 is 5.91 Å². The maximum absolute atomic E-state index is 13.5. The molecule has 0 bridgehead atoms. The van der Waals surface area contributed by atoms with Gasteiger partial charge in [-0.1, -0.05) is 42.5 Å². The SMILES string of the molecule is COc1cccc(CN2CCC(C(Cc3ccccc3)N(C)C(=O)c3cc(C)nn3C)CC2)c1O.